The molecule has 0 spiro atoms. The van der Waals surface area contributed by atoms with Crippen LogP contribution in [0.5, 0.6) is 0 Å². The molecular weight excluding hydrogens is 362 g/mol. The monoisotopic (exact) mass is 381 g/mol. The van der Waals surface area contributed by atoms with Crippen LogP contribution in [0.25, 0.3) is 0 Å². The summed E-state index contributed by atoms with van der Waals surface area (Å²) in [5.74, 6) is 0.372. The van der Waals surface area contributed by atoms with Gasteiger partial charge in [-0.25, -0.2) is 0 Å². The fourth-order valence-electron chi connectivity index (χ4n) is 2.45. The van der Waals surface area contributed by atoms with E-state index in [4.69, 9.17) is 5.73 Å². The molecule has 7 nitrogen and oxygen atoms in total. The molecule has 0 aliphatic heterocycles. The van der Waals surface area contributed by atoms with Gasteiger partial charge in [-0.15, -0.1) is 10.2 Å². The van der Waals surface area contributed by atoms with Gasteiger partial charge in [-0.3, -0.25) is 9.59 Å². The third kappa shape index (κ3) is 4.95. The van der Waals surface area contributed by atoms with Crippen molar-refractivity contribution in [3.63, 3.8) is 0 Å². The number of primary amides is 1. The lowest BCUT2D eigenvalue weighted by Gasteiger charge is -2.06. The second-order valence-electron chi connectivity index (χ2n) is 5.90. The summed E-state index contributed by atoms with van der Waals surface area (Å²) in [7, 11) is 1.89. The van der Waals surface area contributed by atoms with Crippen LogP contribution in [0, 0.1) is 0 Å². The smallest absolute Gasteiger partial charge is 0.248 e. The minimum atomic E-state index is -0.503. The molecule has 0 radical (unpaired) electrons. The number of amides is 2. The molecule has 138 valence electrons. The number of aromatic nitrogens is 3. The molecule has 1 heterocycles. The van der Waals surface area contributed by atoms with E-state index in [2.05, 4.69) is 15.5 Å². The zero-order valence-corrected chi connectivity index (χ0v) is 15.6. The molecule has 0 aliphatic rings. The lowest BCUT2D eigenvalue weighted by Crippen LogP contribution is -2.15. The Hall–Kier alpha value is -3.13. The van der Waals surface area contributed by atoms with Gasteiger partial charge in [0.1, 0.15) is 5.82 Å². The normalized spacial score (nSPS) is 10.6. The highest BCUT2D eigenvalue weighted by Gasteiger charge is 2.12. The number of rotatable bonds is 7. The van der Waals surface area contributed by atoms with E-state index in [0.717, 1.165) is 11.4 Å². The van der Waals surface area contributed by atoms with Gasteiger partial charge < -0.3 is 15.6 Å². The molecule has 1 aromatic heterocycles. The second kappa shape index (κ2) is 8.50. The predicted octanol–water partition coefficient (Wildman–Crippen LogP) is 2.24. The van der Waals surface area contributed by atoms with Crippen LogP contribution < -0.4 is 11.1 Å². The quantitative estimate of drug-likeness (QED) is 0.611. The summed E-state index contributed by atoms with van der Waals surface area (Å²) in [4.78, 5) is 23.2. The molecule has 0 unspecified atom stereocenters. The van der Waals surface area contributed by atoms with Crippen LogP contribution in [0.2, 0.25) is 0 Å². The van der Waals surface area contributed by atoms with Gasteiger partial charge in [0.25, 0.3) is 0 Å². The number of carbonyl (C=O) groups is 2. The molecule has 3 aromatic rings. The Morgan fingerprint density at radius 1 is 1.07 bits per heavy atom. The number of hydrogen-bond acceptors (Lipinski definition) is 5. The largest absolute Gasteiger partial charge is 0.366 e. The Morgan fingerprint density at radius 3 is 2.44 bits per heavy atom. The topological polar surface area (TPSA) is 103 Å². The number of nitrogens with two attached hydrogens (primary N) is 1. The molecule has 27 heavy (non-hydrogen) atoms. The molecule has 0 fully saturated rings. The number of benzene rings is 2. The van der Waals surface area contributed by atoms with Gasteiger partial charge in [-0.05, 0) is 29.8 Å². The molecule has 3 rings (SSSR count). The molecule has 0 saturated carbocycles. The first-order valence-corrected chi connectivity index (χ1v) is 9.26. The van der Waals surface area contributed by atoms with Gasteiger partial charge in [0.15, 0.2) is 5.16 Å². The van der Waals surface area contributed by atoms with Crippen LogP contribution in [-0.4, -0.2) is 32.3 Å². The van der Waals surface area contributed by atoms with Crippen LogP contribution in [-0.2, 0) is 18.3 Å². The first-order valence-electron chi connectivity index (χ1n) is 8.27. The van der Waals surface area contributed by atoms with Gasteiger partial charge in [0, 0.05) is 24.7 Å². The molecular formula is C19H19N5O2S. The third-order valence-corrected chi connectivity index (χ3v) is 4.94. The van der Waals surface area contributed by atoms with E-state index in [1.165, 1.54) is 11.8 Å². The highest BCUT2D eigenvalue weighted by molar-refractivity contribution is 7.99. The Morgan fingerprint density at radius 2 is 1.78 bits per heavy atom. The average Bonchev–Trinajstić information content (AvgIpc) is 3.01. The molecule has 0 aliphatic carbocycles. The SMILES string of the molecule is Cn1c(Cc2ccccc2)nnc1SCC(=O)Nc1ccc(C(N)=O)cc1. The van der Waals surface area contributed by atoms with Crippen LogP contribution in [0.3, 0.4) is 0 Å². The van der Waals surface area contributed by atoms with Crippen LogP contribution in [0.4, 0.5) is 5.69 Å². The van der Waals surface area contributed by atoms with Crippen molar-refractivity contribution in [3.05, 3.63) is 71.5 Å². The summed E-state index contributed by atoms with van der Waals surface area (Å²) in [6, 6.07) is 16.5. The number of nitrogens with zero attached hydrogens (tertiary/aromatic N) is 3. The van der Waals surface area contributed by atoms with Gasteiger partial charge in [0.2, 0.25) is 11.8 Å². The predicted molar refractivity (Wildman–Crippen MR) is 105 cm³/mol. The molecule has 8 heteroatoms. The van der Waals surface area contributed by atoms with Crippen LogP contribution in [0.15, 0.2) is 59.8 Å². The number of thioether (sulfide) groups is 1. The zero-order valence-electron chi connectivity index (χ0n) is 14.8. The maximum atomic E-state index is 12.1. The van der Waals surface area contributed by atoms with Gasteiger partial charge in [-0.1, -0.05) is 42.1 Å². The zero-order chi connectivity index (χ0) is 19.2. The van der Waals surface area contributed by atoms with E-state index in [1.54, 1.807) is 24.3 Å². The lowest BCUT2D eigenvalue weighted by atomic mass is 10.1. The van der Waals surface area contributed by atoms with E-state index < -0.39 is 5.91 Å². The Kier molecular flexibility index (Phi) is 5.87. The summed E-state index contributed by atoms with van der Waals surface area (Å²) < 4.78 is 1.90. The van der Waals surface area contributed by atoms with Crippen LogP contribution >= 0.6 is 11.8 Å². The maximum absolute atomic E-state index is 12.1. The third-order valence-electron chi connectivity index (χ3n) is 3.92. The number of anilines is 1. The summed E-state index contributed by atoms with van der Waals surface area (Å²) in [5, 5.41) is 11.8. The van der Waals surface area contributed by atoms with Gasteiger partial charge >= 0.3 is 0 Å². The van der Waals surface area contributed by atoms with Crippen molar-refractivity contribution in [3.8, 4) is 0 Å². The molecule has 0 bridgehead atoms. The van der Waals surface area contributed by atoms with E-state index in [-0.39, 0.29) is 11.7 Å². The Balaban J connectivity index is 1.55. The Labute approximate surface area is 161 Å². The van der Waals surface area contributed by atoms with E-state index >= 15 is 0 Å². The fourth-order valence-corrected chi connectivity index (χ4v) is 3.18. The van der Waals surface area contributed by atoms with Crippen molar-refractivity contribution < 1.29 is 9.59 Å². The fraction of sp³-hybridized carbons (Fsp3) is 0.158. The van der Waals surface area contributed by atoms with E-state index in [1.807, 2.05) is 41.9 Å². The van der Waals surface area contributed by atoms with Crippen LogP contribution in [0.1, 0.15) is 21.7 Å². The van der Waals surface area contributed by atoms with Gasteiger partial charge in [-0.2, -0.15) is 0 Å². The molecule has 2 aromatic carbocycles. The maximum Gasteiger partial charge on any atom is 0.248 e. The van der Waals surface area contributed by atoms with Crippen molar-refractivity contribution in [2.45, 2.75) is 11.6 Å². The van der Waals surface area contributed by atoms with Crippen molar-refractivity contribution in [2.75, 3.05) is 11.1 Å². The number of hydrogen-bond donors (Lipinski definition) is 2. The van der Waals surface area contributed by atoms with Crippen molar-refractivity contribution in [1.29, 1.82) is 0 Å². The summed E-state index contributed by atoms with van der Waals surface area (Å²) in [6.45, 7) is 0. The minimum absolute atomic E-state index is 0.167. The lowest BCUT2D eigenvalue weighted by molar-refractivity contribution is -0.113. The number of nitrogens with one attached hydrogen (secondary N) is 1. The van der Waals surface area contributed by atoms with Crippen molar-refractivity contribution >= 4 is 29.3 Å². The second-order valence-corrected chi connectivity index (χ2v) is 6.84. The van der Waals surface area contributed by atoms with E-state index in [0.29, 0.717) is 22.8 Å². The highest BCUT2D eigenvalue weighted by atomic mass is 32.2. The average molecular weight is 381 g/mol. The van der Waals surface area contributed by atoms with Gasteiger partial charge in [0.05, 0.1) is 5.75 Å². The molecule has 2 amide bonds. The van der Waals surface area contributed by atoms with Crippen molar-refractivity contribution in [1.82, 2.24) is 14.8 Å². The van der Waals surface area contributed by atoms with E-state index in [9.17, 15) is 9.59 Å². The summed E-state index contributed by atoms with van der Waals surface area (Å²) in [5.41, 5.74) is 7.35. The summed E-state index contributed by atoms with van der Waals surface area (Å²) >= 11 is 1.32. The molecule has 0 saturated heterocycles. The molecule has 0 atom stereocenters. The number of carbonyl (C=O) groups excluding carboxylic acids is 2. The molecule has 3 N–H and O–H groups in total. The first-order chi connectivity index (χ1) is 13.0. The standard InChI is InChI=1S/C19H19N5O2S/c1-24-16(11-13-5-3-2-4-6-13)22-23-19(24)27-12-17(25)21-15-9-7-14(8-10-15)18(20)26/h2-10H,11-12H2,1H3,(H2,20,26)(H,21,25). The summed E-state index contributed by atoms with van der Waals surface area (Å²) in [6.07, 6.45) is 0.684. The first kappa shape index (κ1) is 18.7. The Bertz CT molecular complexity index is 938. The minimum Gasteiger partial charge on any atom is -0.366 e. The highest BCUT2D eigenvalue weighted by Crippen LogP contribution is 2.18. The van der Waals surface area contributed by atoms with Crippen molar-refractivity contribution in [2.24, 2.45) is 12.8 Å².